The van der Waals surface area contributed by atoms with Crippen molar-refractivity contribution in [2.24, 2.45) is 30.7 Å². The minimum absolute atomic E-state index is 0.0537. The van der Waals surface area contributed by atoms with E-state index in [9.17, 15) is 64.7 Å². The summed E-state index contributed by atoms with van der Waals surface area (Å²) in [6.45, 7) is 1.27. The monoisotopic (exact) mass is 998 g/mol. The normalized spacial score (nSPS) is 12.5. The standard InChI is InChI=1S/C40H38N8O17S3/c1-20-13-28(31(63-3)19-34(20)68(60,61)62)43-45-36-21(2)47-48(39(36)52)23-5-7-25-22(14-23)15-35(66(4,55)56)37(38(25)51)46-44-30-18-32(64-11-9-49)29(17-33(30)65-12-10-50)42-41-27-8-6-24(67(57,58)59)16-26(27)40(53)54/h5-8,13-19,49-52H,9-12H2,1-4H3,(H,53,54)(H,57,58,59)(H,60,61,62). The molecule has 358 valence electrons. The van der Waals surface area contributed by atoms with E-state index in [0.29, 0.717) is 6.07 Å². The van der Waals surface area contributed by atoms with Crippen molar-refractivity contribution in [3.63, 3.8) is 0 Å². The summed E-state index contributed by atoms with van der Waals surface area (Å²) in [7, 11) is -12.3. The molecule has 0 radical (unpaired) electrons. The number of ether oxygens (including phenoxy) is 3. The van der Waals surface area contributed by atoms with Crippen LogP contribution in [0.25, 0.3) is 16.5 Å². The zero-order chi connectivity index (χ0) is 49.9. The molecule has 25 nitrogen and oxygen atoms in total. The summed E-state index contributed by atoms with van der Waals surface area (Å²) in [6, 6.07) is 12.6. The molecule has 0 spiro atoms. The van der Waals surface area contributed by atoms with Gasteiger partial charge in [0.15, 0.2) is 21.3 Å². The number of carboxylic acid groups (broad SMARTS) is 1. The number of aromatic carboxylic acids is 1. The number of rotatable bonds is 18. The molecule has 0 aliphatic heterocycles. The molecule has 0 unspecified atom stereocenters. The van der Waals surface area contributed by atoms with Gasteiger partial charge < -0.3 is 39.7 Å². The van der Waals surface area contributed by atoms with Crippen LogP contribution in [0.1, 0.15) is 21.6 Å². The van der Waals surface area contributed by atoms with E-state index in [2.05, 4.69) is 35.8 Å². The summed E-state index contributed by atoms with van der Waals surface area (Å²) in [4.78, 5) is 10.3. The van der Waals surface area contributed by atoms with Gasteiger partial charge in [0.1, 0.15) is 63.8 Å². The zero-order valence-electron chi connectivity index (χ0n) is 35.7. The number of aliphatic hydroxyl groups is 2. The Morgan fingerprint density at radius 2 is 1.25 bits per heavy atom. The fraction of sp³-hybridized carbons (Fsp3) is 0.200. The largest absolute Gasteiger partial charge is 0.505 e. The van der Waals surface area contributed by atoms with Gasteiger partial charge in [-0.15, -0.1) is 30.7 Å². The lowest BCUT2D eigenvalue weighted by molar-refractivity contribution is 0.0697. The average Bonchev–Trinajstić information content (AvgIpc) is 3.56. The van der Waals surface area contributed by atoms with E-state index in [0.717, 1.165) is 29.1 Å². The summed E-state index contributed by atoms with van der Waals surface area (Å²) < 4.78 is 110. The Morgan fingerprint density at radius 3 is 1.79 bits per heavy atom. The Labute approximate surface area is 385 Å². The summed E-state index contributed by atoms with van der Waals surface area (Å²) in [5.41, 5.74) is -1.45. The second-order valence-corrected chi connectivity index (χ2v) is 19.0. The molecule has 1 aromatic heterocycles. The average molecular weight is 999 g/mol. The number of benzene rings is 5. The van der Waals surface area contributed by atoms with Crippen LogP contribution in [0.2, 0.25) is 0 Å². The number of sulfone groups is 1. The zero-order valence-corrected chi connectivity index (χ0v) is 38.1. The first-order valence-electron chi connectivity index (χ1n) is 19.2. The van der Waals surface area contributed by atoms with Gasteiger partial charge in [0.2, 0.25) is 5.88 Å². The van der Waals surface area contributed by atoms with Crippen molar-refractivity contribution in [3.05, 3.63) is 83.6 Å². The highest BCUT2D eigenvalue weighted by molar-refractivity contribution is 7.91. The molecule has 0 aliphatic carbocycles. The molecule has 0 fully saturated rings. The highest BCUT2D eigenvalue weighted by Crippen LogP contribution is 2.46. The number of aromatic nitrogens is 2. The van der Waals surface area contributed by atoms with Crippen molar-refractivity contribution >= 4 is 80.9 Å². The molecule has 0 bridgehead atoms. The Bertz CT molecular complexity index is 3430. The van der Waals surface area contributed by atoms with Crippen LogP contribution < -0.4 is 14.2 Å². The Hall–Kier alpha value is -7.47. The van der Waals surface area contributed by atoms with E-state index in [4.69, 9.17) is 14.2 Å². The number of aliphatic hydroxyl groups excluding tert-OH is 2. The SMILES string of the molecule is COc1cc(S(=O)(=O)O)c(C)cc1N=Nc1c(C)nn(-c2ccc3c(O)c(N=Nc4cc(OCCO)c(N=Nc5ccc(S(=O)(=O)O)cc5C(=O)O)cc4OCCO)c(S(C)(=O)=O)cc3c2)c1O. The van der Waals surface area contributed by atoms with Crippen LogP contribution in [-0.2, 0) is 30.1 Å². The van der Waals surface area contributed by atoms with Crippen molar-refractivity contribution in [2.75, 3.05) is 39.8 Å². The van der Waals surface area contributed by atoms with Gasteiger partial charge in [-0.05, 0) is 73.3 Å². The highest BCUT2D eigenvalue weighted by atomic mass is 32.2. The number of methoxy groups -OCH3 is 1. The van der Waals surface area contributed by atoms with E-state index in [1.165, 1.54) is 63.4 Å². The predicted molar refractivity (Wildman–Crippen MR) is 237 cm³/mol. The molecule has 68 heavy (non-hydrogen) atoms. The van der Waals surface area contributed by atoms with Gasteiger partial charge in [-0.25, -0.2) is 13.2 Å². The lowest BCUT2D eigenvalue weighted by Gasteiger charge is -2.13. The summed E-state index contributed by atoms with van der Waals surface area (Å²) >= 11 is 0. The number of hydrogen-bond acceptors (Lipinski definition) is 21. The number of nitrogens with zero attached hydrogens (tertiary/aromatic N) is 8. The van der Waals surface area contributed by atoms with Gasteiger partial charge in [-0.2, -0.15) is 26.6 Å². The number of fused-ring (bicyclic) bond motifs is 1. The van der Waals surface area contributed by atoms with E-state index in [-0.39, 0.29) is 86.6 Å². The van der Waals surface area contributed by atoms with E-state index in [1.54, 1.807) is 0 Å². The van der Waals surface area contributed by atoms with Crippen molar-refractivity contribution < 1.29 is 78.9 Å². The molecule has 0 atom stereocenters. The molecule has 0 saturated heterocycles. The highest BCUT2D eigenvalue weighted by Gasteiger charge is 2.24. The first-order chi connectivity index (χ1) is 32.0. The minimum atomic E-state index is -4.78. The molecule has 0 saturated carbocycles. The molecule has 28 heteroatoms. The van der Waals surface area contributed by atoms with Crippen LogP contribution in [0.4, 0.5) is 34.1 Å². The molecule has 5 aromatic carbocycles. The first kappa shape index (κ1) is 50.0. The first-order valence-corrected chi connectivity index (χ1v) is 23.9. The molecule has 7 N–H and O–H groups in total. The smallest absolute Gasteiger partial charge is 0.338 e. The van der Waals surface area contributed by atoms with Crippen LogP contribution in [0, 0.1) is 13.8 Å². The van der Waals surface area contributed by atoms with E-state index >= 15 is 0 Å². The summed E-state index contributed by atoms with van der Waals surface area (Å²) in [5, 5.41) is 80.4. The number of hydrogen-bond donors (Lipinski definition) is 7. The molecule has 6 rings (SSSR count). The van der Waals surface area contributed by atoms with E-state index in [1.807, 2.05) is 0 Å². The number of carboxylic acids is 1. The number of azo groups is 3. The van der Waals surface area contributed by atoms with Crippen LogP contribution in [0.15, 0.2) is 112 Å². The van der Waals surface area contributed by atoms with Crippen molar-refractivity contribution in [1.29, 1.82) is 0 Å². The van der Waals surface area contributed by atoms with Gasteiger partial charge in [-0.1, -0.05) is 0 Å². The third-order valence-electron chi connectivity index (χ3n) is 9.45. The third kappa shape index (κ3) is 10.9. The Morgan fingerprint density at radius 1 is 0.676 bits per heavy atom. The maximum atomic E-state index is 13.2. The van der Waals surface area contributed by atoms with Crippen LogP contribution in [0.5, 0.6) is 28.9 Å². The van der Waals surface area contributed by atoms with Gasteiger partial charge in [0.25, 0.3) is 20.2 Å². The van der Waals surface area contributed by atoms with Gasteiger partial charge >= 0.3 is 5.97 Å². The molecular formula is C40H38N8O17S3. The maximum Gasteiger partial charge on any atom is 0.338 e. The molecular weight excluding hydrogens is 961 g/mol. The number of phenolic OH excluding ortho intramolecular Hbond substituents is 1. The lowest BCUT2D eigenvalue weighted by atomic mass is 10.1. The van der Waals surface area contributed by atoms with Crippen molar-refractivity contribution in [2.45, 2.75) is 28.5 Å². The minimum Gasteiger partial charge on any atom is -0.505 e. The second-order valence-electron chi connectivity index (χ2n) is 14.2. The molecule has 0 aliphatic rings. The maximum absolute atomic E-state index is 13.2. The Balaban J connectivity index is 1.40. The summed E-state index contributed by atoms with van der Waals surface area (Å²) in [5.74, 6) is -3.15. The van der Waals surface area contributed by atoms with E-state index < -0.39 is 86.8 Å². The van der Waals surface area contributed by atoms with Crippen LogP contribution >= 0.6 is 0 Å². The molecule has 1 heterocycles. The predicted octanol–water partition coefficient (Wildman–Crippen LogP) is 6.65. The van der Waals surface area contributed by atoms with Crippen molar-refractivity contribution in [3.8, 4) is 34.6 Å². The Kier molecular flexibility index (Phi) is 14.5. The van der Waals surface area contributed by atoms with Crippen LogP contribution in [-0.4, -0.2) is 115 Å². The van der Waals surface area contributed by atoms with Gasteiger partial charge in [-0.3, -0.25) is 9.11 Å². The summed E-state index contributed by atoms with van der Waals surface area (Å²) in [6.07, 6.45) is 0.853. The van der Waals surface area contributed by atoms with Gasteiger partial charge in [0, 0.05) is 29.8 Å². The quantitative estimate of drug-likeness (QED) is 0.0350. The number of phenols is 1. The fourth-order valence-electron chi connectivity index (χ4n) is 6.31. The topological polar surface area (TPSA) is 381 Å². The molecule has 6 aromatic rings. The third-order valence-corrected chi connectivity index (χ3v) is 12.4. The molecule has 0 amide bonds. The van der Waals surface area contributed by atoms with Crippen molar-refractivity contribution in [1.82, 2.24) is 9.78 Å². The van der Waals surface area contributed by atoms with Gasteiger partial charge in [0.05, 0.1) is 47.1 Å². The number of aryl methyl sites for hydroxylation is 2. The fourth-order valence-corrected chi connectivity index (χ4v) is 8.37. The second kappa shape index (κ2) is 19.8. The number of aromatic hydroxyl groups is 2. The van der Waals surface area contributed by atoms with Crippen LogP contribution in [0.3, 0.4) is 0 Å². The number of carbonyl (C=O) groups is 1. The lowest BCUT2D eigenvalue weighted by Crippen LogP contribution is -2.04.